The van der Waals surface area contributed by atoms with Gasteiger partial charge in [0.1, 0.15) is 11.2 Å². The quantitative estimate of drug-likeness (QED) is 0.179. The molecule has 1 heteroatoms. The molecule has 9 rings (SSSR count). The van der Waals surface area contributed by atoms with Gasteiger partial charge in [-0.15, -0.1) is 0 Å². The lowest BCUT2D eigenvalue weighted by Gasteiger charge is -2.19. The molecule has 0 radical (unpaired) electrons. The minimum absolute atomic E-state index is 0.866. The van der Waals surface area contributed by atoms with E-state index in [4.69, 9.17) is 4.42 Å². The summed E-state index contributed by atoms with van der Waals surface area (Å²) in [7, 11) is 0. The Hall–Kier alpha value is -5.92. The van der Waals surface area contributed by atoms with Crippen LogP contribution >= 0.6 is 0 Å². The van der Waals surface area contributed by atoms with E-state index in [-0.39, 0.29) is 0 Å². The van der Waals surface area contributed by atoms with Gasteiger partial charge in [0.05, 0.1) is 0 Å². The van der Waals surface area contributed by atoms with E-state index in [1.165, 1.54) is 71.6 Å². The number of aryl methyl sites for hydroxylation is 1. The molecule has 0 saturated heterocycles. The van der Waals surface area contributed by atoms with E-state index in [9.17, 15) is 0 Å². The van der Waals surface area contributed by atoms with E-state index >= 15 is 0 Å². The molecule has 0 N–H and O–H groups in total. The van der Waals surface area contributed by atoms with Gasteiger partial charge in [-0.25, -0.2) is 0 Å². The zero-order chi connectivity index (χ0) is 31.3. The minimum atomic E-state index is 0.866. The molecule has 0 aliphatic heterocycles. The van der Waals surface area contributed by atoms with Gasteiger partial charge in [-0.3, -0.25) is 0 Å². The van der Waals surface area contributed by atoms with Crippen molar-refractivity contribution in [1.29, 1.82) is 0 Å². The molecule has 0 atom stereocenters. The number of rotatable bonds is 5. The first-order valence-electron chi connectivity index (χ1n) is 16.3. The number of furan rings is 1. The van der Waals surface area contributed by atoms with Gasteiger partial charge in [0, 0.05) is 10.8 Å². The molecule has 47 heavy (non-hydrogen) atoms. The second-order valence-electron chi connectivity index (χ2n) is 12.5. The van der Waals surface area contributed by atoms with Crippen molar-refractivity contribution in [3.63, 3.8) is 0 Å². The van der Waals surface area contributed by atoms with Crippen LogP contribution in [0.3, 0.4) is 0 Å². The molecular formula is C46H32O. The van der Waals surface area contributed by atoms with Crippen LogP contribution in [0.25, 0.3) is 76.9 Å². The maximum Gasteiger partial charge on any atom is 0.135 e. The summed E-state index contributed by atoms with van der Waals surface area (Å²) in [6.07, 6.45) is 0.866. The first-order chi connectivity index (χ1) is 23.2. The summed E-state index contributed by atoms with van der Waals surface area (Å²) in [6, 6.07) is 59.4. The highest BCUT2D eigenvalue weighted by atomic mass is 16.3. The smallest absolute Gasteiger partial charge is 0.135 e. The van der Waals surface area contributed by atoms with Crippen LogP contribution < -0.4 is 0 Å². The highest BCUT2D eigenvalue weighted by Gasteiger charge is 2.19. The molecule has 222 valence electrons. The molecule has 1 heterocycles. The largest absolute Gasteiger partial charge is 0.456 e. The minimum Gasteiger partial charge on any atom is -0.456 e. The second kappa shape index (κ2) is 11.2. The third-order valence-electron chi connectivity index (χ3n) is 9.66. The zero-order valence-electron chi connectivity index (χ0n) is 26.2. The zero-order valence-corrected chi connectivity index (χ0v) is 26.2. The van der Waals surface area contributed by atoms with Gasteiger partial charge in [-0.05, 0) is 103 Å². The summed E-state index contributed by atoms with van der Waals surface area (Å²) < 4.78 is 6.20. The average molecular weight is 601 g/mol. The maximum atomic E-state index is 6.20. The van der Waals surface area contributed by atoms with Crippen molar-refractivity contribution in [2.45, 2.75) is 13.3 Å². The Kier molecular flexibility index (Phi) is 6.50. The molecule has 1 nitrogen and oxygen atoms in total. The van der Waals surface area contributed by atoms with Gasteiger partial charge in [-0.2, -0.15) is 0 Å². The molecule has 9 aromatic rings. The van der Waals surface area contributed by atoms with Crippen LogP contribution in [-0.4, -0.2) is 0 Å². The number of para-hydroxylation sites is 1. The van der Waals surface area contributed by atoms with Gasteiger partial charge in [-0.1, -0.05) is 146 Å². The lowest BCUT2D eigenvalue weighted by Crippen LogP contribution is -1.96. The van der Waals surface area contributed by atoms with Gasteiger partial charge < -0.3 is 4.42 Å². The van der Waals surface area contributed by atoms with Gasteiger partial charge in [0.2, 0.25) is 0 Å². The van der Waals surface area contributed by atoms with Crippen LogP contribution in [0.2, 0.25) is 0 Å². The number of hydrogen-bond acceptors (Lipinski definition) is 1. The second-order valence-corrected chi connectivity index (χ2v) is 12.5. The van der Waals surface area contributed by atoms with Gasteiger partial charge >= 0.3 is 0 Å². The topological polar surface area (TPSA) is 13.1 Å². The summed E-state index contributed by atoms with van der Waals surface area (Å²) in [4.78, 5) is 0. The molecule has 0 saturated carbocycles. The summed E-state index contributed by atoms with van der Waals surface area (Å²) in [5, 5.41) is 7.31. The highest BCUT2D eigenvalue weighted by Crippen LogP contribution is 2.45. The third-order valence-corrected chi connectivity index (χ3v) is 9.66. The SMILES string of the molecule is Cc1ccccc1-c1ccc(-c2c3ccccc3c(-c3ccc4oc5ccccc5c4c3)c3ccccc23)cc1Cc1ccccc1. The Balaban J connectivity index is 1.31. The molecular weight excluding hydrogens is 569 g/mol. The molecule has 0 fully saturated rings. The summed E-state index contributed by atoms with van der Waals surface area (Å²) in [6.45, 7) is 2.21. The highest BCUT2D eigenvalue weighted by molar-refractivity contribution is 6.22. The van der Waals surface area contributed by atoms with Gasteiger partial charge in [0.25, 0.3) is 0 Å². The van der Waals surface area contributed by atoms with Crippen LogP contribution in [0.1, 0.15) is 16.7 Å². The van der Waals surface area contributed by atoms with Crippen LogP contribution in [0.4, 0.5) is 0 Å². The summed E-state index contributed by atoms with van der Waals surface area (Å²) >= 11 is 0. The van der Waals surface area contributed by atoms with Crippen LogP contribution in [0, 0.1) is 6.92 Å². The van der Waals surface area contributed by atoms with E-state index in [2.05, 4.69) is 159 Å². The monoisotopic (exact) mass is 600 g/mol. The van der Waals surface area contributed by atoms with Crippen LogP contribution in [0.15, 0.2) is 168 Å². The lowest BCUT2D eigenvalue weighted by molar-refractivity contribution is 0.669. The lowest BCUT2D eigenvalue weighted by atomic mass is 9.84. The predicted octanol–water partition coefficient (Wildman–Crippen LogP) is 12.8. The van der Waals surface area contributed by atoms with Crippen molar-refractivity contribution >= 4 is 43.5 Å². The Labute approximate surface area is 274 Å². The molecule has 0 aliphatic carbocycles. The van der Waals surface area contributed by atoms with E-state index in [1.54, 1.807) is 0 Å². The van der Waals surface area contributed by atoms with Crippen molar-refractivity contribution < 1.29 is 4.42 Å². The number of fused-ring (bicyclic) bond motifs is 5. The Morgan fingerprint density at radius 3 is 1.62 bits per heavy atom. The Morgan fingerprint density at radius 2 is 0.936 bits per heavy atom. The van der Waals surface area contributed by atoms with E-state index in [0.717, 1.165) is 28.4 Å². The average Bonchev–Trinajstić information content (AvgIpc) is 3.49. The van der Waals surface area contributed by atoms with E-state index < -0.39 is 0 Å². The number of benzene rings is 8. The van der Waals surface area contributed by atoms with E-state index in [0.29, 0.717) is 0 Å². The van der Waals surface area contributed by atoms with Gasteiger partial charge in [0.15, 0.2) is 0 Å². The van der Waals surface area contributed by atoms with Crippen molar-refractivity contribution in [3.05, 3.63) is 180 Å². The normalized spacial score (nSPS) is 11.6. The first kappa shape index (κ1) is 27.4. The van der Waals surface area contributed by atoms with Crippen molar-refractivity contribution in [2.24, 2.45) is 0 Å². The molecule has 0 spiro atoms. The summed E-state index contributed by atoms with van der Waals surface area (Å²) in [5.74, 6) is 0. The Morgan fingerprint density at radius 1 is 0.404 bits per heavy atom. The molecule has 0 amide bonds. The van der Waals surface area contributed by atoms with Crippen LogP contribution in [0.5, 0.6) is 0 Å². The number of hydrogen-bond donors (Lipinski definition) is 0. The maximum absolute atomic E-state index is 6.20. The Bertz CT molecular complexity index is 2550. The van der Waals surface area contributed by atoms with E-state index in [1.807, 2.05) is 12.1 Å². The predicted molar refractivity (Wildman–Crippen MR) is 199 cm³/mol. The van der Waals surface area contributed by atoms with Crippen LogP contribution in [-0.2, 0) is 6.42 Å². The molecule has 8 aromatic carbocycles. The fraction of sp³-hybridized carbons (Fsp3) is 0.0435. The fourth-order valence-corrected chi connectivity index (χ4v) is 7.48. The molecule has 1 aromatic heterocycles. The molecule has 0 unspecified atom stereocenters. The molecule has 0 aliphatic rings. The summed E-state index contributed by atoms with van der Waals surface area (Å²) in [5.41, 5.74) is 13.3. The van der Waals surface area contributed by atoms with Crippen molar-refractivity contribution in [3.8, 4) is 33.4 Å². The van der Waals surface area contributed by atoms with Crippen molar-refractivity contribution in [1.82, 2.24) is 0 Å². The van der Waals surface area contributed by atoms with Crippen molar-refractivity contribution in [2.75, 3.05) is 0 Å². The standard InChI is InChI=1S/C46H32O/c1-30-13-5-6-16-35(30)36-25-23-32(28-34(36)27-31-14-3-2-4-15-31)45-38-18-7-9-20-40(38)46(41-21-10-8-19-39(41)45)33-24-26-44-42(29-33)37-17-11-12-22-43(37)47-44/h2-26,28-29H,27H2,1H3. The fourth-order valence-electron chi connectivity index (χ4n) is 7.48. The molecule has 0 bridgehead atoms. The third kappa shape index (κ3) is 4.63. The first-order valence-corrected chi connectivity index (χ1v) is 16.3.